The van der Waals surface area contributed by atoms with E-state index in [1.165, 1.54) is 0 Å². The van der Waals surface area contributed by atoms with Crippen molar-refractivity contribution >= 4 is 5.69 Å². The van der Waals surface area contributed by atoms with Crippen molar-refractivity contribution in [3.05, 3.63) is 29.7 Å². The van der Waals surface area contributed by atoms with Crippen LogP contribution in [0, 0.1) is 0 Å². The second kappa shape index (κ2) is 5.31. The van der Waals surface area contributed by atoms with Crippen LogP contribution in [-0.2, 0) is 18.9 Å². The van der Waals surface area contributed by atoms with Gasteiger partial charge < -0.3 is 9.73 Å². The largest absolute Gasteiger partial charge is 0.443 e. The molecule has 0 aliphatic rings. The summed E-state index contributed by atoms with van der Waals surface area (Å²) >= 11 is 0. The Kier molecular flexibility index (Phi) is 3.88. The molecule has 5 heteroatoms. The van der Waals surface area contributed by atoms with Gasteiger partial charge in [0.05, 0.1) is 17.6 Å². The molecule has 2 heterocycles. The van der Waals surface area contributed by atoms with Crippen LogP contribution in [0.25, 0.3) is 0 Å². The first-order chi connectivity index (χ1) is 9.31. The van der Waals surface area contributed by atoms with Gasteiger partial charge in [-0.1, -0.05) is 27.7 Å². The molecule has 2 rings (SSSR count). The Morgan fingerprint density at radius 3 is 2.65 bits per heavy atom. The van der Waals surface area contributed by atoms with Crippen LogP contribution in [0.4, 0.5) is 5.69 Å². The van der Waals surface area contributed by atoms with E-state index in [0.717, 1.165) is 23.6 Å². The number of oxazole rings is 1. The third kappa shape index (κ3) is 3.03. The second-order valence-corrected chi connectivity index (χ2v) is 6.20. The predicted molar refractivity (Wildman–Crippen MR) is 79.8 cm³/mol. The summed E-state index contributed by atoms with van der Waals surface area (Å²) in [4.78, 5) is 4.38. The highest BCUT2D eigenvalue weighted by Gasteiger charge is 2.21. The van der Waals surface area contributed by atoms with Gasteiger partial charge in [0, 0.05) is 18.7 Å². The molecule has 0 bridgehead atoms. The summed E-state index contributed by atoms with van der Waals surface area (Å²) in [6, 6.07) is 0.0144. The summed E-state index contributed by atoms with van der Waals surface area (Å²) in [7, 11) is 1.93. The number of aromatic nitrogens is 3. The first-order valence-electron chi connectivity index (χ1n) is 7.06. The van der Waals surface area contributed by atoms with Crippen LogP contribution in [0.2, 0.25) is 0 Å². The SMILES string of the molecule is CCc1nn(C)cc1NC(C)c1ncc(C(C)(C)C)o1. The van der Waals surface area contributed by atoms with E-state index in [2.05, 4.69) is 43.1 Å². The molecule has 20 heavy (non-hydrogen) atoms. The molecule has 0 spiro atoms. The minimum atomic E-state index is -0.0200. The summed E-state index contributed by atoms with van der Waals surface area (Å²) in [5.41, 5.74) is 2.08. The van der Waals surface area contributed by atoms with Crippen molar-refractivity contribution in [2.45, 2.75) is 52.5 Å². The number of rotatable bonds is 4. The summed E-state index contributed by atoms with van der Waals surface area (Å²) in [6.45, 7) is 10.5. The molecule has 0 amide bonds. The maximum Gasteiger partial charge on any atom is 0.216 e. The van der Waals surface area contributed by atoms with Gasteiger partial charge >= 0.3 is 0 Å². The first-order valence-corrected chi connectivity index (χ1v) is 7.06. The Hall–Kier alpha value is -1.78. The second-order valence-electron chi connectivity index (χ2n) is 6.20. The topological polar surface area (TPSA) is 55.9 Å². The molecule has 0 aromatic carbocycles. The summed E-state index contributed by atoms with van der Waals surface area (Å²) in [6.07, 6.45) is 4.70. The average Bonchev–Trinajstić information content (AvgIpc) is 2.94. The van der Waals surface area contributed by atoms with Crippen molar-refractivity contribution < 1.29 is 4.42 Å². The Labute approximate surface area is 120 Å². The van der Waals surface area contributed by atoms with Crippen LogP contribution in [0.15, 0.2) is 16.8 Å². The van der Waals surface area contributed by atoms with Gasteiger partial charge in [-0.15, -0.1) is 0 Å². The fourth-order valence-electron chi connectivity index (χ4n) is 2.05. The maximum absolute atomic E-state index is 5.86. The average molecular weight is 276 g/mol. The lowest BCUT2D eigenvalue weighted by Gasteiger charge is -2.14. The lowest BCUT2D eigenvalue weighted by molar-refractivity contribution is 0.374. The quantitative estimate of drug-likeness (QED) is 0.929. The van der Waals surface area contributed by atoms with E-state index in [1.54, 1.807) is 0 Å². The number of nitrogens with zero attached hydrogens (tertiary/aromatic N) is 3. The molecule has 0 saturated carbocycles. The van der Waals surface area contributed by atoms with Crippen LogP contribution in [-0.4, -0.2) is 14.8 Å². The van der Waals surface area contributed by atoms with Crippen molar-refractivity contribution in [2.75, 3.05) is 5.32 Å². The van der Waals surface area contributed by atoms with Gasteiger partial charge in [-0.25, -0.2) is 4.98 Å². The van der Waals surface area contributed by atoms with Crippen molar-refractivity contribution in [2.24, 2.45) is 7.05 Å². The maximum atomic E-state index is 5.86. The molecular formula is C15H24N4O. The van der Waals surface area contributed by atoms with E-state index >= 15 is 0 Å². The lowest BCUT2D eigenvalue weighted by Crippen LogP contribution is -2.10. The molecule has 1 atom stereocenters. The minimum Gasteiger partial charge on any atom is -0.443 e. The van der Waals surface area contributed by atoms with Gasteiger partial charge in [0.15, 0.2) is 0 Å². The standard InChI is InChI=1S/C15H24N4O/c1-7-11-12(9-19(6)18-11)17-10(2)14-16-8-13(20-14)15(3,4)5/h8-10,17H,7H2,1-6H3. The van der Waals surface area contributed by atoms with Gasteiger partial charge in [-0.2, -0.15) is 5.10 Å². The van der Waals surface area contributed by atoms with Crippen LogP contribution in [0.1, 0.15) is 58.0 Å². The summed E-state index contributed by atoms with van der Waals surface area (Å²) in [5, 5.41) is 7.85. The number of anilines is 1. The molecule has 110 valence electrons. The Balaban J connectivity index is 2.15. The number of hydrogen-bond donors (Lipinski definition) is 1. The van der Waals surface area contributed by atoms with Crippen LogP contribution in [0.3, 0.4) is 0 Å². The Morgan fingerprint density at radius 2 is 2.10 bits per heavy atom. The van der Waals surface area contributed by atoms with Crippen LogP contribution < -0.4 is 5.32 Å². The first kappa shape index (κ1) is 14.6. The molecular weight excluding hydrogens is 252 g/mol. The molecule has 0 saturated heterocycles. The third-order valence-electron chi connectivity index (χ3n) is 3.25. The fourth-order valence-corrected chi connectivity index (χ4v) is 2.05. The highest BCUT2D eigenvalue weighted by atomic mass is 16.4. The van der Waals surface area contributed by atoms with Crippen LogP contribution >= 0.6 is 0 Å². The van der Waals surface area contributed by atoms with E-state index in [0.29, 0.717) is 5.89 Å². The normalized spacial score (nSPS) is 13.5. The fraction of sp³-hybridized carbons (Fsp3) is 0.600. The Bertz CT molecular complexity index is 577. The van der Waals surface area contributed by atoms with Gasteiger partial charge in [-0.05, 0) is 13.3 Å². The molecule has 2 aromatic rings. The molecule has 0 aliphatic heterocycles. The van der Waals surface area contributed by atoms with E-state index in [9.17, 15) is 0 Å². The van der Waals surface area contributed by atoms with Crippen molar-refractivity contribution in [1.29, 1.82) is 0 Å². The molecule has 1 N–H and O–H groups in total. The van der Waals surface area contributed by atoms with Gasteiger partial charge in [0.2, 0.25) is 5.89 Å². The number of hydrogen-bond acceptors (Lipinski definition) is 4. The molecule has 1 unspecified atom stereocenters. The molecule has 0 aliphatic carbocycles. The van der Waals surface area contributed by atoms with Gasteiger partial charge in [0.25, 0.3) is 0 Å². The number of aryl methyl sites for hydroxylation is 2. The predicted octanol–water partition coefficient (Wildman–Crippen LogP) is 3.44. The zero-order valence-electron chi connectivity index (χ0n) is 13.2. The van der Waals surface area contributed by atoms with E-state index in [-0.39, 0.29) is 11.5 Å². The number of nitrogens with one attached hydrogen (secondary N) is 1. The zero-order chi connectivity index (χ0) is 14.9. The highest BCUT2D eigenvalue weighted by molar-refractivity contribution is 5.47. The van der Waals surface area contributed by atoms with Gasteiger partial charge in [-0.3, -0.25) is 4.68 Å². The van der Waals surface area contributed by atoms with Crippen molar-refractivity contribution in [1.82, 2.24) is 14.8 Å². The van der Waals surface area contributed by atoms with E-state index < -0.39 is 0 Å². The zero-order valence-corrected chi connectivity index (χ0v) is 13.2. The smallest absolute Gasteiger partial charge is 0.216 e. The summed E-state index contributed by atoms with van der Waals surface area (Å²) in [5.74, 6) is 1.61. The van der Waals surface area contributed by atoms with E-state index in [4.69, 9.17) is 4.42 Å². The molecule has 0 radical (unpaired) electrons. The van der Waals surface area contributed by atoms with E-state index in [1.807, 2.05) is 31.0 Å². The van der Waals surface area contributed by atoms with Crippen molar-refractivity contribution in [3.63, 3.8) is 0 Å². The molecule has 5 nitrogen and oxygen atoms in total. The van der Waals surface area contributed by atoms with Crippen molar-refractivity contribution in [3.8, 4) is 0 Å². The summed E-state index contributed by atoms with van der Waals surface area (Å²) < 4.78 is 7.69. The monoisotopic (exact) mass is 276 g/mol. The molecule has 0 fully saturated rings. The van der Waals surface area contributed by atoms with Gasteiger partial charge in [0.1, 0.15) is 11.8 Å². The highest BCUT2D eigenvalue weighted by Crippen LogP contribution is 2.27. The van der Waals surface area contributed by atoms with Crippen LogP contribution in [0.5, 0.6) is 0 Å². The third-order valence-corrected chi connectivity index (χ3v) is 3.25. The Morgan fingerprint density at radius 1 is 1.40 bits per heavy atom. The molecule has 2 aromatic heterocycles. The lowest BCUT2D eigenvalue weighted by atomic mass is 9.94. The minimum absolute atomic E-state index is 0.0144.